The van der Waals surface area contributed by atoms with Crippen molar-refractivity contribution in [2.24, 2.45) is 23.2 Å². The first kappa shape index (κ1) is 18.7. The number of carbonyl (C=O) groups excluding carboxylic acids is 1. The van der Waals surface area contributed by atoms with E-state index in [4.69, 9.17) is 26.4 Å². The first-order chi connectivity index (χ1) is 11.2. The van der Waals surface area contributed by atoms with E-state index < -0.39 is 0 Å². The van der Waals surface area contributed by atoms with E-state index in [0.717, 1.165) is 5.56 Å². The molecule has 0 spiro atoms. The fraction of sp³-hybridized carbons (Fsp3) is 0.579. The molecular weight excluding hydrogens is 324 g/mol. The molecule has 0 bridgehead atoms. The van der Waals surface area contributed by atoms with Crippen LogP contribution in [0.1, 0.15) is 33.3 Å². The molecule has 0 amide bonds. The predicted molar refractivity (Wildman–Crippen MR) is 96.9 cm³/mol. The molecule has 0 aliphatic heterocycles. The minimum Gasteiger partial charge on any atom is -0.469 e. The summed E-state index contributed by atoms with van der Waals surface area (Å²) >= 11 is 5.26. The lowest BCUT2D eigenvalue weighted by Crippen LogP contribution is -2.29. The van der Waals surface area contributed by atoms with Crippen LogP contribution in [0.3, 0.4) is 0 Å². The maximum atomic E-state index is 12.0. The highest BCUT2D eigenvalue weighted by Gasteiger charge is 2.66. The number of hydrogen-bond donors (Lipinski definition) is 0. The third-order valence-corrected chi connectivity index (χ3v) is 5.01. The Morgan fingerprint density at radius 2 is 1.79 bits per heavy atom. The molecule has 24 heavy (non-hydrogen) atoms. The average molecular weight is 350 g/mol. The SMILES string of the molecule is COC(=O)[C@H]1[C@@H](C(OC(=S)Oc2ccc(C)cc2)C(C)C)C1(C)C. The molecule has 1 aromatic rings. The number of ether oxygens (including phenoxy) is 3. The van der Waals surface area contributed by atoms with Crippen molar-refractivity contribution in [2.45, 2.75) is 40.7 Å². The first-order valence-corrected chi connectivity index (χ1v) is 8.62. The molecule has 1 saturated carbocycles. The van der Waals surface area contributed by atoms with Crippen LogP contribution in [0.15, 0.2) is 24.3 Å². The Morgan fingerprint density at radius 3 is 2.29 bits per heavy atom. The standard InChI is InChI=1S/C19H26O4S/c1-11(2)16(14-15(17(20)21-6)19(14,4)5)23-18(24)22-13-9-7-12(3)8-10-13/h7-11,14-16H,1-6H3/t14-,15+,16?/m0/s1. The van der Waals surface area contributed by atoms with Gasteiger partial charge in [0.2, 0.25) is 0 Å². The van der Waals surface area contributed by atoms with Crippen LogP contribution in [-0.4, -0.2) is 24.4 Å². The highest BCUT2D eigenvalue weighted by atomic mass is 32.1. The normalized spacial score (nSPS) is 22.6. The van der Waals surface area contributed by atoms with Gasteiger partial charge in [0.1, 0.15) is 11.9 Å². The van der Waals surface area contributed by atoms with E-state index in [-0.39, 0.29) is 40.5 Å². The van der Waals surface area contributed by atoms with Crippen molar-refractivity contribution < 1.29 is 19.0 Å². The van der Waals surface area contributed by atoms with Crippen LogP contribution >= 0.6 is 12.2 Å². The van der Waals surface area contributed by atoms with Crippen molar-refractivity contribution in [1.82, 2.24) is 0 Å². The molecule has 5 heteroatoms. The van der Waals surface area contributed by atoms with Gasteiger partial charge in [-0.3, -0.25) is 4.79 Å². The summed E-state index contributed by atoms with van der Waals surface area (Å²) in [6.45, 7) is 10.2. The van der Waals surface area contributed by atoms with Gasteiger partial charge in [-0.25, -0.2) is 0 Å². The lowest BCUT2D eigenvalue weighted by atomic mass is 9.97. The van der Waals surface area contributed by atoms with Crippen LogP contribution in [0.25, 0.3) is 0 Å². The maximum absolute atomic E-state index is 12.0. The van der Waals surface area contributed by atoms with Crippen LogP contribution in [-0.2, 0) is 14.3 Å². The van der Waals surface area contributed by atoms with Gasteiger partial charge in [-0.15, -0.1) is 0 Å². The Bertz CT molecular complexity index is 606. The van der Waals surface area contributed by atoms with Crippen molar-refractivity contribution in [3.8, 4) is 5.75 Å². The number of thiocarbonyl (C=S) groups is 1. The minimum atomic E-state index is -0.193. The van der Waals surface area contributed by atoms with Crippen LogP contribution in [0, 0.1) is 30.1 Å². The molecule has 0 N–H and O–H groups in total. The van der Waals surface area contributed by atoms with Crippen molar-refractivity contribution >= 4 is 23.4 Å². The molecule has 4 nitrogen and oxygen atoms in total. The molecule has 1 fully saturated rings. The molecule has 1 aromatic carbocycles. The molecule has 0 heterocycles. The Labute approximate surface area is 149 Å². The van der Waals surface area contributed by atoms with E-state index in [2.05, 4.69) is 27.7 Å². The van der Waals surface area contributed by atoms with Crippen LogP contribution in [0.4, 0.5) is 0 Å². The van der Waals surface area contributed by atoms with Crippen LogP contribution in [0.2, 0.25) is 0 Å². The molecule has 1 unspecified atom stereocenters. The van der Waals surface area contributed by atoms with E-state index in [1.54, 1.807) is 0 Å². The monoisotopic (exact) mass is 350 g/mol. The third kappa shape index (κ3) is 3.89. The van der Waals surface area contributed by atoms with E-state index in [1.165, 1.54) is 7.11 Å². The van der Waals surface area contributed by atoms with Gasteiger partial charge in [-0.05, 0) is 30.4 Å². The van der Waals surface area contributed by atoms with Crippen molar-refractivity contribution in [3.63, 3.8) is 0 Å². The topological polar surface area (TPSA) is 44.8 Å². The largest absolute Gasteiger partial charge is 0.469 e. The van der Waals surface area contributed by atoms with E-state index >= 15 is 0 Å². The zero-order chi connectivity index (χ0) is 18.1. The summed E-state index contributed by atoms with van der Waals surface area (Å²) < 4.78 is 16.5. The predicted octanol–water partition coefficient (Wildman–Crippen LogP) is 4.15. The summed E-state index contributed by atoms with van der Waals surface area (Å²) in [5.41, 5.74) is 0.983. The lowest BCUT2D eigenvalue weighted by Gasteiger charge is -2.24. The number of esters is 1. The van der Waals surface area contributed by atoms with Gasteiger partial charge in [0.15, 0.2) is 0 Å². The van der Waals surface area contributed by atoms with Gasteiger partial charge in [0.05, 0.1) is 13.0 Å². The number of rotatable bonds is 5. The summed E-state index contributed by atoms with van der Waals surface area (Å²) in [7, 11) is 1.42. The van der Waals surface area contributed by atoms with E-state index in [1.807, 2.05) is 31.2 Å². The summed E-state index contributed by atoms with van der Waals surface area (Å²) in [4.78, 5) is 12.0. The van der Waals surface area contributed by atoms with Gasteiger partial charge in [0, 0.05) is 18.1 Å². The van der Waals surface area contributed by atoms with Crippen molar-refractivity contribution in [2.75, 3.05) is 7.11 Å². The number of methoxy groups -OCH3 is 1. The molecule has 2 rings (SSSR count). The Kier molecular flexibility index (Phi) is 5.53. The number of benzene rings is 1. The van der Waals surface area contributed by atoms with Gasteiger partial charge in [-0.1, -0.05) is 45.4 Å². The number of aryl methyl sites for hydroxylation is 1. The second kappa shape index (κ2) is 7.09. The fourth-order valence-electron chi connectivity index (χ4n) is 3.33. The molecule has 1 aliphatic carbocycles. The van der Waals surface area contributed by atoms with Crippen molar-refractivity contribution in [1.29, 1.82) is 0 Å². The zero-order valence-corrected chi connectivity index (χ0v) is 16.0. The van der Waals surface area contributed by atoms with Crippen molar-refractivity contribution in [3.05, 3.63) is 29.8 Å². The molecule has 0 aromatic heterocycles. The highest BCUT2D eigenvalue weighted by molar-refractivity contribution is 7.79. The summed E-state index contributed by atoms with van der Waals surface area (Å²) in [6, 6.07) is 7.62. The van der Waals surface area contributed by atoms with Gasteiger partial charge in [-0.2, -0.15) is 0 Å². The van der Waals surface area contributed by atoms with E-state index in [0.29, 0.717) is 5.75 Å². The minimum absolute atomic E-state index is 0.0597. The molecule has 0 radical (unpaired) electrons. The molecular formula is C19H26O4S. The van der Waals surface area contributed by atoms with Gasteiger partial charge in [0.25, 0.3) is 0 Å². The summed E-state index contributed by atoms with van der Waals surface area (Å²) in [5.74, 6) is 0.544. The second-order valence-corrected chi connectivity index (χ2v) is 7.67. The molecule has 1 aliphatic rings. The summed E-state index contributed by atoms with van der Waals surface area (Å²) in [6.07, 6.45) is -0.193. The van der Waals surface area contributed by atoms with E-state index in [9.17, 15) is 4.79 Å². The first-order valence-electron chi connectivity index (χ1n) is 8.21. The van der Waals surface area contributed by atoms with Gasteiger partial charge < -0.3 is 14.2 Å². The molecule has 132 valence electrons. The Morgan fingerprint density at radius 1 is 1.21 bits per heavy atom. The Balaban J connectivity index is 2.05. The van der Waals surface area contributed by atoms with Crippen LogP contribution < -0.4 is 4.74 Å². The zero-order valence-electron chi connectivity index (χ0n) is 15.2. The molecule has 0 saturated heterocycles. The fourth-order valence-corrected chi connectivity index (χ4v) is 3.54. The Hall–Kier alpha value is -1.62. The second-order valence-electron chi connectivity index (χ2n) is 7.34. The number of hydrogen-bond acceptors (Lipinski definition) is 5. The maximum Gasteiger partial charge on any atom is 0.358 e. The average Bonchev–Trinajstić information content (AvgIpc) is 3.08. The smallest absolute Gasteiger partial charge is 0.358 e. The third-order valence-electron chi connectivity index (χ3n) is 4.83. The van der Waals surface area contributed by atoms with Gasteiger partial charge >= 0.3 is 11.2 Å². The molecule has 3 atom stereocenters. The highest BCUT2D eigenvalue weighted by Crippen LogP contribution is 2.62. The summed E-state index contributed by atoms with van der Waals surface area (Å²) in [5, 5.41) is 0.0869. The van der Waals surface area contributed by atoms with Crippen LogP contribution in [0.5, 0.6) is 5.75 Å². The lowest BCUT2D eigenvalue weighted by molar-refractivity contribution is -0.143. The quantitative estimate of drug-likeness (QED) is 0.590. The number of carbonyl (C=O) groups is 1.